The lowest BCUT2D eigenvalue weighted by molar-refractivity contribution is -0.131. The second kappa shape index (κ2) is 6.85. The van der Waals surface area contributed by atoms with Crippen LogP contribution in [0.1, 0.15) is 17.3 Å². The zero-order chi connectivity index (χ0) is 14.5. The Morgan fingerprint density at radius 1 is 1.50 bits per heavy atom. The van der Waals surface area contributed by atoms with Crippen LogP contribution in [0.2, 0.25) is 0 Å². The summed E-state index contributed by atoms with van der Waals surface area (Å²) >= 11 is 3.32. The lowest BCUT2D eigenvalue weighted by Gasteiger charge is -2.31. The summed E-state index contributed by atoms with van der Waals surface area (Å²) in [6.45, 7) is 4.26. The lowest BCUT2D eigenvalue weighted by Crippen LogP contribution is -2.53. The second-order valence-corrected chi connectivity index (χ2v) is 5.80. The molecular formula is C14H18BrN3O2. The van der Waals surface area contributed by atoms with Gasteiger partial charge in [0.15, 0.2) is 0 Å². The summed E-state index contributed by atoms with van der Waals surface area (Å²) in [5.41, 5.74) is 0.542. The molecule has 0 spiro atoms. The fraction of sp³-hybridized carbons (Fsp3) is 0.429. The van der Waals surface area contributed by atoms with Crippen LogP contribution in [0, 0.1) is 0 Å². The fourth-order valence-electron chi connectivity index (χ4n) is 2.16. The summed E-state index contributed by atoms with van der Waals surface area (Å²) in [6.07, 6.45) is 0. The molecule has 2 amide bonds. The molecule has 1 aliphatic heterocycles. The normalized spacial score (nSPS) is 18.7. The van der Waals surface area contributed by atoms with Gasteiger partial charge in [0.05, 0.1) is 6.54 Å². The number of carbonyl (C=O) groups excluding carboxylic acids is 2. The van der Waals surface area contributed by atoms with Gasteiger partial charge in [-0.2, -0.15) is 0 Å². The third kappa shape index (κ3) is 4.05. The van der Waals surface area contributed by atoms with Crippen LogP contribution < -0.4 is 10.6 Å². The highest BCUT2D eigenvalue weighted by atomic mass is 79.9. The molecule has 1 atom stereocenters. The molecule has 2 rings (SSSR count). The van der Waals surface area contributed by atoms with E-state index in [0.29, 0.717) is 24.7 Å². The minimum absolute atomic E-state index is 0.0397. The van der Waals surface area contributed by atoms with Crippen LogP contribution in [0.3, 0.4) is 0 Å². The van der Waals surface area contributed by atoms with E-state index in [4.69, 9.17) is 0 Å². The molecular weight excluding hydrogens is 322 g/mol. The molecule has 0 radical (unpaired) electrons. The van der Waals surface area contributed by atoms with Crippen LogP contribution in [0.15, 0.2) is 28.7 Å². The minimum atomic E-state index is -0.233. The maximum Gasteiger partial charge on any atom is 0.251 e. The topological polar surface area (TPSA) is 61.4 Å². The molecule has 2 N–H and O–H groups in total. The predicted octanol–water partition coefficient (Wildman–Crippen LogP) is 0.999. The quantitative estimate of drug-likeness (QED) is 0.863. The van der Waals surface area contributed by atoms with E-state index in [9.17, 15) is 9.59 Å². The highest BCUT2D eigenvalue weighted by Gasteiger charge is 2.20. The van der Waals surface area contributed by atoms with Gasteiger partial charge >= 0.3 is 0 Å². The van der Waals surface area contributed by atoms with E-state index in [-0.39, 0.29) is 18.4 Å². The molecule has 1 aliphatic rings. The van der Waals surface area contributed by atoms with Crippen molar-refractivity contribution in [1.82, 2.24) is 15.5 Å². The molecule has 0 aromatic heterocycles. The molecule has 20 heavy (non-hydrogen) atoms. The number of nitrogens with zero attached hydrogens (tertiary/aromatic N) is 1. The van der Waals surface area contributed by atoms with Crippen molar-refractivity contribution in [2.75, 3.05) is 26.2 Å². The van der Waals surface area contributed by atoms with E-state index in [1.807, 2.05) is 13.0 Å². The van der Waals surface area contributed by atoms with Gasteiger partial charge in [-0.3, -0.25) is 9.59 Å². The maximum absolute atomic E-state index is 12.0. The second-order valence-electron chi connectivity index (χ2n) is 4.89. The first-order valence-electron chi connectivity index (χ1n) is 6.61. The Hall–Kier alpha value is -1.40. The van der Waals surface area contributed by atoms with Gasteiger partial charge in [0.2, 0.25) is 5.91 Å². The first-order valence-corrected chi connectivity index (χ1v) is 7.40. The Labute approximate surface area is 126 Å². The third-order valence-corrected chi connectivity index (χ3v) is 3.70. The van der Waals surface area contributed by atoms with E-state index < -0.39 is 0 Å². The zero-order valence-corrected chi connectivity index (χ0v) is 12.9. The van der Waals surface area contributed by atoms with Crippen LogP contribution in [0.4, 0.5) is 0 Å². The average molecular weight is 340 g/mol. The number of hydrogen-bond acceptors (Lipinski definition) is 3. The van der Waals surface area contributed by atoms with Crippen molar-refractivity contribution in [3.63, 3.8) is 0 Å². The monoisotopic (exact) mass is 339 g/mol. The Balaban J connectivity index is 1.85. The smallest absolute Gasteiger partial charge is 0.251 e. The van der Waals surface area contributed by atoms with Gasteiger partial charge < -0.3 is 15.5 Å². The number of halogens is 1. The first-order chi connectivity index (χ1) is 9.56. The number of hydrogen-bond donors (Lipinski definition) is 2. The summed E-state index contributed by atoms with van der Waals surface area (Å²) in [4.78, 5) is 25.7. The highest BCUT2D eigenvalue weighted by Crippen LogP contribution is 2.11. The van der Waals surface area contributed by atoms with Crippen molar-refractivity contribution in [1.29, 1.82) is 0 Å². The van der Waals surface area contributed by atoms with E-state index in [2.05, 4.69) is 26.6 Å². The van der Waals surface area contributed by atoms with Gasteiger partial charge in [-0.15, -0.1) is 0 Å². The maximum atomic E-state index is 12.0. The van der Waals surface area contributed by atoms with Crippen molar-refractivity contribution in [2.45, 2.75) is 13.0 Å². The molecule has 108 valence electrons. The summed E-state index contributed by atoms with van der Waals surface area (Å²) in [5.74, 6) is -0.274. The molecule has 1 saturated heterocycles. The van der Waals surface area contributed by atoms with Gasteiger partial charge in [0.1, 0.15) is 0 Å². The summed E-state index contributed by atoms with van der Waals surface area (Å²) in [5, 5.41) is 5.94. The Kier molecular flexibility index (Phi) is 5.14. The van der Waals surface area contributed by atoms with Crippen LogP contribution >= 0.6 is 15.9 Å². The molecule has 1 heterocycles. The van der Waals surface area contributed by atoms with Gasteiger partial charge in [-0.25, -0.2) is 0 Å². The van der Waals surface area contributed by atoms with E-state index in [0.717, 1.165) is 11.0 Å². The van der Waals surface area contributed by atoms with Crippen LogP contribution in [-0.4, -0.2) is 48.9 Å². The Bertz CT molecular complexity index is 507. The number of benzene rings is 1. The van der Waals surface area contributed by atoms with Gasteiger partial charge in [0.25, 0.3) is 5.91 Å². The fourth-order valence-corrected chi connectivity index (χ4v) is 2.56. The van der Waals surface area contributed by atoms with Crippen LogP contribution in [0.5, 0.6) is 0 Å². The van der Waals surface area contributed by atoms with E-state index in [1.165, 1.54) is 0 Å². The summed E-state index contributed by atoms with van der Waals surface area (Å²) in [7, 11) is 0. The number of rotatable bonds is 3. The van der Waals surface area contributed by atoms with Crippen molar-refractivity contribution >= 4 is 27.7 Å². The van der Waals surface area contributed by atoms with Gasteiger partial charge in [-0.1, -0.05) is 22.0 Å². The number of amides is 2. The van der Waals surface area contributed by atoms with Crippen LogP contribution in [0.25, 0.3) is 0 Å². The minimum Gasteiger partial charge on any atom is -0.343 e. The lowest BCUT2D eigenvalue weighted by atomic mass is 10.2. The third-order valence-electron chi connectivity index (χ3n) is 3.21. The van der Waals surface area contributed by atoms with Crippen molar-refractivity contribution in [2.24, 2.45) is 0 Å². The van der Waals surface area contributed by atoms with Gasteiger partial charge in [-0.05, 0) is 25.1 Å². The number of piperazine rings is 1. The van der Waals surface area contributed by atoms with E-state index in [1.54, 1.807) is 23.1 Å². The van der Waals surface area contributed by atoms with Crippen molar-refractivity contribution < 1.29 is 9.59 Å². The average Bonchev–Trinajstić information content (AvgIpc) is 2.44. The summed E-state index contributed by atoms with van der Waals surface area (Å²) in [6, 6.07) is 7.39. The zero-order valence-electron chi connectivity index (χ0n) is 11.4. The van der Waals surface area contributed by atoms with Crippen molar-refractivity contribution in [3.8, 4) is 0 Å². The van der Waals surface area contributed by atoms with Crippen molar-refractivity contribution in [3.05, 3.63) is 34.3 Å². The molecule has 1 aromatic carbocycles. The molecule has 0 bridgehead atoms. The molecule has 1 fully saturated rings. The van der Waals surface area contributed by atoms with E-state index >= 15 is 0 Å². The Morgan fingerprint density at radius 3 is 3.00 bits per heavy atom. The summed E-state index contributed by atoms with van der Waals surface area (Å²) < 4.78 is 0.840. The van der Waals surface area contributed by atoms with Crippen LogP contribution in [-0.2, 0) is 4.79 Å². The Morgan fingerprint density at radius 2 is 2.30 bits per heavy atom. The standard InChI is InChI=1S/C14H18BrN3O2/c1-10-9-18(6-5-16-10)13(19)8-17-14(20)11-3-2-4-12(15)7-11/h2-4,7,10,16H,5-6,8-9H2,1H3,(H,17,20). The molecule has 0 aliphatic carbocycles. The molecule has 0 saturated carbocycles. The molecule has 5 nitrogen and oxygen atoms in total. The largest absolute Gasteiger partial charge is 0.343 e. The first kappa shape index (κ1) is 15.0. The number of nitrogens with one attached hydrogen (secondary N) is 2. The predicted molar refractivity (Wildman–Crippen MR) is 80.5 cm³/mol. The highest BCUT2D eigenvalue weighted by molar-refractivity contribution is 9.10. The molecule has 6 heteroatoms. The molecule has 1 aromatic rings. The van der Waals surface area contributed by atoms with Gasteiger partial charge in [0, 0.05) is 35.7 Å². The SMILES string of the molecule is CC1CN(C(=O)CNC(=O)c2cccc(Br)c2)CCN1. The molecule has 1 unspecified atom stereocenters. The number of carbonyl (C=O) groups is 2.